The minimum atomic E-state index is -3.57. The Morgan fingerprint density at radius 1 is 0.923 bits per heavy atom. The standard InChI is InChI=1S/C22H21O3P/c1-3-25-26(23,24)16-20-11-13-21-14-19(10-12-22(21)15-20)9-8-18-6-4-17(2)5-7-18/h4-7,10-15H,3,16H2,1-2H3,(H,23,24). The highest BCUT2D eigenvalue weighted by Gasteiger charge is 2.19. The average molecular weight is 364 g/mol. The number of benzene rings is 3. The van der Waals surface area contributed by atoms with Gasteiger partial charge in [-0.3, -0.25) is 4.57 Å². The highest BCUT2D eigenvalue weighted by Crippen LogP contribution is 2.45. The van der Waals surface area contributed by atoms with Gasteiger partial charge in [0.2, 0.25) is 0 Å². The van der Waals surface area contributed by atoms with E-state index < -0.39 is 7.60 Å². The Kier molecular flexibility index (Phi) is 5.59. The fourth-order valence-corrected chi connectivity index (χ4v) is 3.88. The summed E-state index contributed by atoms with van der Waals surface area (Å²) in [4.78, 5) is 9.79. The Labute approximate surface area is 154 Å². The molecule has 0 radical (unpaired) electrons. The second-order valence-corrected chi connectivity index (χ2v) is 8.07. The smallest absolute Gasteiger partial charge is 0.324 e. The Bertz CT molecular complexity index is 1030. The van der Waals surface area contributed by atoms with Crippen molar-refractivity contribution < 1.29 is 14.0 Å². The maximum atomic E-state index is 11.9. The van der Waals surface area contributed by atoms with Crippen molar-refractivity contribution in [1.82, 2.24) is 0 Å². The minimum Gasteiger partial charge on any atom is -0.324 e. The highest BCUT2D eigenvalue weighted by atomic mass is 31.2. The van der Waals surface area contributed by atoms with E-state index in [0.29, 0.717) is 0 Å². The molecule has 0 aromatic heterocycles. The predicted octanol–water partition coefficient (Wildman–Crippen LogP) is 5.27. The molecular formula is C22H21O3P. The summed E-state index contributed by atoms with van der Waals surface area (Å²) in [5, 5.41) is 2.06. The summed E-state index contributed by atoms with van der Waals surface area (Å²) < 4.78 is 16.9. The Morgan fingerprint density at radius 3 is 2.27 bits per heavy atom. The van der Waals surface area contributed by atoms with Gasteiger partial charge >= 0.3 is 7.60 Å². The van der Waals surface area contributed by atoms with Crippen LogP contribution in [-0.4, -0.2) is 11.5 Å². The van der Waals surface area contributed by atoms with Crippen molar-refractivity contribution in [2.24, 2.45) is 0 Å². The molecule has 26 heavy (non-hydrogen) atoms. The summed E-state index contributed by atoms with van der Waals surface area (Å²) in [6, 6.07) is 19.9. The molecule has 3 rings (SSSR count). The highest BCUT2D eigenvalue weighted by molar-refractivity contribution is 7.51. The first-order valence-corrected chi connectivity index (χ1v) is 10.3. The maximum Gasteiger partial charge on any atom is 0.332 e. The molecule has 4 heteroatoms. The summed E-state index contributed by atoms with van der Waals surface area (Å²) in [7, 11) is -3.57. The molecule has 1 N–H and O–H groups in total. The van der Waals surface area contributed by atoms with Crippen LogP contribution in [0.5, 0.6) is 0 Å². The molecule has 0 aliphatic carbocycles. The number of aryl methyl sites for hydroxylation is 1. The molecule has 0 heterocycles. The summed E-state index contributed by atoms with van der Waals surface area (Å²) >= 11 is 0. The Morgan fingerprint density at radius 2 is 1.54 bits per heavy atom. The van der Waals surface area contributed by atoms with Gasteiger partial charge in [0.1, 0.15) is 0 Å². The second-order valence-electron chi connectivity index (χ2n) is 6.23. The van der Waals surface area contributed by atoms with E-state index in [1.54, 1.807) is 6.92 Å². The van der Waals surface area contributed by atoms with Crippen molar-refractivity contribution in [1.29, 1.82) is 0 Å². The fraction of sp³-hybridized carbons (Fsp3) is 0.182. The molecule has 3 nitrogen and oxygen atoms in total. The predicted molar refractivity (Wildman–Crippen MR) is 106 cm³/mol. The van der Waals surface area contributed by atoms with Gasteiger partial charge in [0.15, 0.2) is 0 Å². The van der Waals surface area contributed by atoms with Gasteiger partial charge in [0.05, 0.1) is 12.8 Å². The number of fused-ring (bicyclic) bond motifs is 1. The van der Waals surface area contributed by atoms with Gasteiger partial charge in [-0.25, -0.2) is 0 Å². The summed E-state index contributed by atoms with van der Waals surface area (Å²) in [6.07, 6.45) is 0.0196. The van der Waals surface area contributed by atoms with E-state index in [1.165, 1.54) is 5.56 Å². The molecular weight excluding hydrogens is 343 g/mol. The van der Waals surface area contributed by atoms with Crippen molar-refractivity contribution >= 4 is 18.4 Å². The van der Waals surface area contributed by atoms with E-state index in [0.717, 1.165) is 27.5 Å². The largest absolute Gasteiger partial charge is 0.332 e. The molecule has 1 unspecified atom stereocenters. The second kappa shape index (κ2) is 7.89. The normalized spacial score (nSPS) is 13.0. The maximum absolute atomic E-state index is 11.9. The van der Waals surface area contributed by atoms with E-state index in [-0.39, 0.29) is 12.8 Å². The zero-order valence-corrected chi connectivity index (χ0v) is 15.8. The fourth-order valence-electron chi connectivity index (χ4n) is 2.73. The number of hydrogen-bond donors (Lipinski definition) is 1. The first-order valence-electron chi connectivity index (χ1n) is 8.53. The van der Waals surface area contributed by atoms with Crippen molar-refractivity contribution in [2.45, 2.75) is 20.0 Å². The van der Waals surface area contributed by atoms with Crippen molar-refractivity contribution in [3.63, 3.8) is 0 Å². The van der Waals surface area contributed by atoms with Gasteiger partial charge in [0.25, 0.3) is 0 Å². The zero-order chi connectivity index (χ0) is 18.6. The number of rotatable bonds is 4. The SMILES string of the molecule is CCOP(=O)(O)Cc1ccc2cc(C#Cc3ccc(C)cc3)ccc2c1. The lowest BCUT2D eigenvalue weighted by molar-refractivity contribution is 0.272. The first kappa shape index (κ1) is 18.4. The van der Waals surface area contributed by atoms with Crippen LogP contribution in [0.15, 0.2) is 60.7 Å². The van der Waals surface area contributed by atoms with Crippen LogP contribution in [-0.2, 0) is 15.3 Å². The molecule has 3 aromatic carbocycles. The molecule has 0 fully saturated rings. The van der Waals surface area contributed by atoms with E-state index in [9.17, 15) is 9.46 Å². The molecule has 3 aromatic rings. The first-order chi connectivity index (χ1) is 12.4. The number of hydrogen-bond acceptors (Lipinski definition) is 2. The van der Waals surface area contributed by atoms with Crippen LogP contribution in [0, 0.1) is 18.8 Å². The van der Waals surface area contributed by atoms with E-state index in [4.69, 9.17) is 4.52 Å². The molecule has 0 aliphatic rings. The molecule has 0 spiro atoms. The van der Waals surface area contributed by atoms with Gasteiger partial charge in [0, 0.05) is 11.1 Å². The lowest BCUT2D eigenvalue weighted by Crippen LogP contribution is -1.93. The quantitative estimate of drug-likeness (QED) is 0.507. The third-order valence-corrected chi connectivity index (χ3v) is 5.45. The lowest BCUT2D eigenvalue weighted by atomic mass is 10.0. The topological polar surface area (TPSA) is 46.5 Å². The van der Waals surface area contributed by atoms with E-state index in [2.05, 4.69) is 18.8 Å². The average Bonchev–Trinajstić information content (AvgIpc) is 2.61. The molecule has 132 valence electrons. The zero-order valence-electron chi connectivity index (χ0n) is 14.9. The van der Waals surface area contributed by atoms with Crippen LogP contribution in [0.2, 0.25) is 0 Å². The van der Waals surface area contributed by atoms with Gasteiger partial charge < -0.3 is 9.42 Å². The molecule has 1 atom stereocenters. The van der Waals surface area contributed by atoms with Crippen LogP contribution in [0.1, 0.15) is 29.2 Å². The Balaban J connectivity index is 1.83. The van der Waals surface area contributed by atoms with Crippen molar-refractivity contribution in [2.75, 3.05) is 6.61 Å². The summed E-state index contributed by atoms with van der Waals surface area (Å²) in [5.74, 6) is 6.36. The van der Waals surface area contributed by atoms with Crippen molar-refractivity contribution in [3.05, 3.63) is 82.9 Å². The summed E-state index contributed by atoms with van der Waals surface area (Å²) in [5.41, 5.74) is 3.93. The minimum absolute atomic E-state index is 0.0196. The van der Waals surface area contributed by atoms with Crippen LogP contribution in [0.3, 0.4) is 0 Å². The van der Waals surface area contributed by atoms with Gasteiger partial charge in [-0.05, 0) is 54.4 Å². The van der Waals surface area contributed by atoms with Crippen LogP contribution >= 0.6 is 7.60 Å². The lowest BCUT2D eigenvalue weighted by Gasteiger charge is -2.11. The molecule has 0 amide bonds. The monoisotopic (exact) mass is 364 g/mol. The van der Waals surface area contributed by atoms with Gasteiger partial charge in [-0.1, -0.05) is 53.8 Å². The molecule has 0 aliphatic heterocycles. The van der Waals surface area contributed by atoms with Crippen LogP contribution < -0.4 is 0 Å². The van der Waals surface area contributed by atoms with Gasteiger partial charge in [-0.2, -0.15) is 0 Å². The van der Waals surface area contributed by atoms with E-state index >= 15 is 0 Å². The molecule has 0 saturated heterocycles. The van der Waals surface area contributed by atoms with Crippen molar-refractivity contribution in [3.8, 4) is 11.8 Å². The molecule has 0 saturated carbocycles. The molecule has 0 bridgehead atoms. The Hall–Kier alpha value is -2.37. The van der Waals surface area contributed by atoms with Gasteiger partial charge in [-0.15, -0.1) is 0 Å². The van der Waals surface area contributed by atoms with Crippen LogP contribution in [0.25, 0.3) is 10.8 Å². The van der Waals surface area contributed by atoms with Crippen LogP contribution in [0.4, 0.5) is 0 Å². The summed E-state index contributed by atoms with van der Waals surface area (Å²) in [6.45, 7) is 3.99. The third kappa shape index (κ3) is 4.84. The third-order valence-electron chi connectivity index (χ3n) is 4.02. The van der Waals surface area contributed by atoms with E-state index in [1.807, 2.05) is 60.7 Å².